The normalized spacial score (nSPS) is 22.4. The molecule has 2 radical (unpaired) electrons. The van der Waals surface area contributed by atoms with E-state index in [4.69, 9.17) is 13.6 Å². The van der Waals surface area contributed by atoms with Crippen LogP contribution in [0.15, 0.2) is 23.8 Å². The van der Waals surface area contributed by atoms with Gasteiger partial charge in [-0.2, -0.15) is 0 Å². The number of aryl methyl sites for hydroxylation is 1. The van der Waals surface area contributed by atoms with Crippen molar-refractivity contribution in [1.29, 1.82) is 0 Å². The summed E-state index contributed by atoms with van der Waals surface area (Å²) in [6.07, 6.45) is 9.58. The van der Waals surface area contributed by atoms with E-state index in [1.165, 1.54) is 36.0 Å². The summed E-state index contributed by atoms with van der Waals surface area (Å²) in [6.45, 7) is 16.4. The number of rotatable bonds is 9. The minimum Gasteiger partial charge on any atom is -0.542 e. The molecule has 5 heteroatoms. The van der Waals surface area contributed by atoms with Crippen molar-refractivity contribution in [2.45, 2.75) is 97.0 Å². The van der Waals surface area contributed by atoms with Gasteiger partial charge in [0.1, 0.15) is 17.1 Å². The van der Waals surface area contributed by atoms with Gasteiger partial charge in [0, 0.05) is 17.4 Å². The summed E-state index contributed by atoms with van der Waals surface area (Å²) in [4.78, 5) is 0. The van der Waals surface area contributed by atoms with Crippen LogP contribution in [-0.2, 0) is 10.8 Å². The highest BCUT2D eigenvalue weighted by atomic mass is 28.3. The van der Waals surface area contributed by atoms with Crippen molar-refractivity contribution in [2.75, 3.05) is 6.61 Å². The second-order valence-corrected chi connectivity index (χ2v) is 14.0. The molecule has 0 spiro atoms. The smallest absolute Gasteiger partial charge is 0.274 e. The van der Waals surface area contributed by atoms with Gasteiger partial charge in [0.2, 0.25) is 9.04 Å². The first-order chi connectivity index (χ1) is 14.2. The molecule has 0 fully saturated rings. The highest BCUT2D eigenvalue weighted by Gasteiger charge is 2.45. The van der Waals surface area contributed by atoms with Gasteiger partial charge in [-0.15, -0.1) is 0 Å². The van der Waals surface area contributed by atoms with E-state index in [0.29, 0.717) is 11.8 Å². The Kier molecular flexibility index (Phi) is 7.91. The predicted octanol–water partition coefficient (Wildman–Crippen LogP) is 6.91. The molecule has 30 heavy (non-hydrogen) atoms. The summed E-state index contributed by atoms with van der Waals surface area (Å²) in [5, 5.41) is 0. The zero-order valence-electron chi connectivity index (χ0n) is 20.1. The number of fused-ring (bicyclic) bond motifs is 3. The van der Waals surface area contributed by atoms with Crippen molar-refractivity contribution in [3.05, 3.63) is 34.9 Å². The van der Waals surface area contributed by atoms with E-state index >= 15 is 0 Å². The first-order valence-electron chi connectivity index (χ1n) is 11.7. The first-order valence-corrected chi connectivity index (χ1v) is 16.5. The van der Waals surface area contributed by atoms with E-state index in [1.807, 2.05) is 0 Å². The van der Waals surface area contributed by atoms with Crippen molar-refractivity contribution in [1.82, 2.24) is 0 Å². The largest absolute Gasteiger partial charge is 0.542 e. The number of unbranched alkanes of at least 4 members (excludes halogenated alkanes) is 2. The molecule has 0 saturated carbocycles. The molecular formula is C25H40O3Si2. The molecule has 3 nitrogen and oxygen atoms in total. The van der Waals surface area contributed by atoms with E-state index in [2.05, 4.69) is 65.2 Å². The third-order valence-corrected chi connectivity index (χ3v) is 7.67. The van der Waals surface area contributed by atoms with E-state index in [9.17, 15) is 0 Å². The van der Waals surface area contributed by atoms with Gasteiger partial charge in [-0.05, 0) is 89.0 Å². The minimum atomic E-state index is -0.857. The van der Waals surface area contributed by atoms with Gasteiger partial charge < -0.3 is 13.6 Å². The third kappa shape index (κ3) is 5.60. The predicted molar refractivity (Wildman–Crippen MR) is 129 cm³/mol. The van der Waals surface area contributed by atoms with Crippen LogP contribution in [0.5, 0.6) is 11.5 Å². The monoisotopic (exact) mass is 444 g/mol. The molecule has 1 heterocycles. The molecule has 2 unspecified atom stereocenters. The topological polar surface area (TPSA) is 27.7 Å². The fourth-order valence-electron chi connectivity index (χ4n) is 4.85. The van der Waals surface area contributed by atoms with E-state index in [0.717, 1.165) is 37.4 Å². The second-order valence-electron chi connectivity index (χ2n) is 9.87. The van der Waals surface area contributed by atoms with E-state index in [1.54, 1.807) is 0 Å². The standard InChI is InChI=1S/C25H40O3Si2/c1-8-9-10-11-18-15-22-24(23(16-18)28-30(6)7)20-14-19(17-26-29(4)5)12-13-21(20)25(2,3)27-22/h14-16,20-21H,8-13,17H2,1-7H3. The fourth-order valence-corrected chi connectivity index (χ4v) is 5.93. The number of hydrogen-bond acceptors (Lipinski definition) is 3. The maximum atomic E-state index is 6.67. The van der Waals surface area contributed by atoms with E-state index in [-0.39, 0.29) is 5.60 Å². The van der Waals surface area contributed by atoms with Crippen LogP contribution in [0.3, 0.4) is 0 Å². The number of allylic oxidation sites excluding steroid dienone is 1. The summed E-state index contributed by atoms with van der Waals surface area (Å²) >= 11 is 0. The van der Waals surface area contributed by atoms with Gasteiger partial charge in [0.05, 0.1) is 6.61 Å². The molecule has 166 valence electrons. The molecule has 3 rings (SSSR count). The molecular weight excluding hydrogens is 404 g/mol. The van der Waals surface area contributed by atoms with Crippen molar-refractivity contribution in [3.63, 3.8) is 0 Å². The molecule has 0 aromatic heterocycles. The molecule has 0 amide bonds. The van der Waals surface area contributed by atoms with Gasteiger partial charge in [-0.25, -0.2) is 0 Å². The lowest BCUT2D eigenvalue weighted by Crippen LogP contribution is -2.45. The average Bonchev–Trinajstić information content (AvgIpc) is 2.65. The van der Waals surface area contributed by atoms with Crippen LogP contribution in [0.1, 0.15) is 69.9 Å². The number of hydrogen-bond donors (Lipinski definition) is 0. The molecule has 0 N–H and O–H groups in total. The maximum Gasteiger partial charge on any atom is 0.274 e. The summed E-state index contributed by atoms with van der Waals surface area (Å²) in [7, 11) is -1.53. The first kappa shape index (κ1) is 23.6. The lowest BCUT2D eigenvalue weighted by atomic mass is 9.68. The van der Waals surface area contributed by atoms with Crippen molar-refractivity contribution < 1.29 is 13.6 Å². The van der Waals surface area contributed by atoms with Crippen LogP contribution in [0.2, 0.25) is 26.2 Å². The maximum absolute atomic E-state index is 6.67. The van der Waals surface area contributed by atoms with Crippen LogP contribution in [0.4, 0.5) is 0 Å². The van der Waals surface area contributed by atoms with Gasteiger partial charge in [0.25, 0.3) is 9.04 Å². The number of ether oxygens (including phenoxy) is 1. The molecule has 1 aliphatic carbocycles. The zero-order chi connectivity index (χ0) is 21.9. The van der Waals surface area contributed by atoms with Crippen LogP contribution in [0, 0.1) is 5.92 Å². The third-order valence-electron chi connectivity index (χ3n) is 6.32. The Morgan fingerprint density at radius 3 is 2.53 bits per heavy atom. The van der Waals surface area contributed by atoms with Crippen LogP contribution >= 0.6 is 0 Å². The molecule has 1 aliphatic heterocycles. The average molecular weight is 445 g/mol. The molecule has 0 bridgehead atoms. The highest BCUT2D eigenvalue weighted by Crippen LogP contribution is 2.53. The summed E-state index contributed by atoms with van der Waals surface area (Å²) < 4.78 is 19.2. The van der Waals surface area contributed by atoms with Gasteiger partial charge in [0.15, 0.2) is 0 Å². The second kappa shape index (κ2) is 10.0. The fraction of sp³-hybridized carbons (Fsp3) is 0.680. The quantitative estimate of drug-likeness (QED) is 0.235. The Morgan fingerprint density at radius 1 is 1.10 bits per heavy atom. The SMILES string of the molecule is CCCCCc1cc(O[Si](C)C)c2c(c1)OC(C)(C)C1CCC(CO[Si](C)C)=CC21. The zero-order valence-corrected chi connectivity index (χ0v) is 22.1. The summed E-state index contributed by atoms with van der Waals surface area (Å²) in [5.74, 6) is 2.93. The van der Waals surface area contributed by atoms with Crippen molar-refractivity contribution >= 4 is 18.1 Å². The van der Waals surface area contributed by atoms with E-state index < -0.39 is 18.1 Å². The van der Waals surface area contributed by atoms with Crippen molar-refractivity contribution in [3.8, 4) is 11.5 Å². The van der Waals surface area contributed by atoms with Gasteiger partial charge in [-0.1, -0.05) is 25.8 Å². The Morgan fingerprint density at radius 2 is 1.87 bits per heavy atom. The Labute approximate surface area is 187 Å². The lowest BCUT2D eigenvalue weighted by Gasteiger charge is -2.47. The molecule has 0 saturated heterocycles. The Bertz CT molecular complexity index is 738. The Hall–Kier alpha value is -1.05. The van der Waals surface area contributed by atoms with Crippen LogP contribution in [-0.4, -0.2) is 30.3 Å². The molecule has 1 aromatic rings. The summed E-state index contributed by atoms with van der Waals surface area (Å²) in [6, 6.07) is 4.61. The number of benzene rings is 1. The Balaban J connectivity index is 2.01. The molecule has 2 aliphatic rings. The van der Waals surface area contributed by atoms with Crippen molar-refractivity contribution in [2.24, 2.45) is 5.92 Å². The van der Waals surface area contributed by atoms with Crippen LogP contribution in [0.25, 0.3) is 0 Å². The summed E-state index contributed by atoms with van der Waals surface area (Å²) in [5.41, 5.74) is 3.90. The highest BCUT2D eigenvalue weighted by molar-refractivity contribution is 6.49. The minimum absolute atomic E-state index is 0.170. The van der Waals surface area contributed by atoms with Gasteiger partial charge in [-0.3, -0.25) is 0 Å². The lowest BCUT2D eigenvalue weighted by molar-refractivity contribution is 0.0104. The van der Waals surface area contributed by atoms with Gasteiger partial charge >= 0.3 is 0 Å². The van der Waals surface area contributed by atoms with Crippen LogP contribution < -0.4 is 9.16 Å². The molecule has 1 aromatic carbocycles. The molecule has 2 atom stereocenters.